The van der Waals surface area contributed by atoms with Crippen molar-refractivity contribution >= 4 is 27.4 Å². The predicted octanol–water partition coefficient (Wildman–Crippen LogP) is 7.82. The molecule has 8 nitrogen and oxygen atoms in total. The lowest BCUT2D eigenvalue weighted by Crippen LogP contribution is -2.68. The summed E-state index contributed by atoms with van der Waals surface area (Å²) in [7, 11) is -2.92. The van der Waals surface area contributed by atoms with Crippen LogP contribution in [0.15, 0.2) is 42.5 Å². The summed E-state index contributed by atoms with van der Waals surface area (Å²) in [6, 6.07) is 7.42. The third kappa shape index (κ3) is 5.90. The van der Waals surface area contributed by atoms with E-state index < -0.39 is 15.8 Å². The minimum Gasteiger partial charge on any atom is -0.478 e. The van der Waals surface area contributed by atoms with Crippen molar-refractivity contribution in [3.8, 4) is 0 Å². The molecule has 1 heterocycles. The van der Waals surface area contributed by atoms with E-state index in [2.05, 4.69) is 69.7 Å². The first-order valence-corrected chi connectivity index (χ1v) is 21.9. The summed E-state index contributed by atoms with van der Waals surface area (Å²) in [5.41, 5.74) is 4.34. The molecule has 1 aromatic carbocycles. The standard InChI is InChI=1S/C43H63N3O5S/c1-28(2)31-14-19-43(45-38(49)44-22-23-46-24-26-52(50,51)27-25-46)21-20-41(6)33(36(31)43)12-13-35-40(5)17-15-32(29-8-10-30(11-9-29)37(47)48)39(3,4)34(40)16-18-42(35,41)7/h8-11,15,31,33-36H,1,12-14,16-27H2,2-7H3,(H,47,48)(H2,44,45,49)/t31-,33+,34-,35+,36+,40-,41+,42+,43-/m0/s1. The topological polar surface area (TPSA) is 116 Å². The molecule has 4 saturated carbocycles. The second-order valence-corrected chi connectivity index (χ2v) is 21.4. The van der Waals surface area contributed by atoms with Gasteiger partial charge in [0.15, 0.2) is 9.84 Å². The molecule has 5 aliphatic carbocycles. The largest absolute Gasteiger partial charge is 0.478 e. The zero-order valence-corrected chi connectivity index (χ0v) is 33.3. The highest BCUT2D eigenvalue weighted by molar-refractivity contribution is 7.91. The van der Waals surface area contributed by atoms with E-state index in [1.54, 1.807) is 12.1 Å². The van der Waals surface area contributed by atoms with Crippen LogP contribution in [0.1, 0.15) is 115 Å². The van der Waals surface area contributed by atoms with Crippen LogP contribution in [0.2, 0.25) is 0 Å². The number of aromatic carboxylic acids is 1. The molecule has 0 aromatic heterocycles. The lowest BCUT2D eigenvalue weighted by Gasteiger charge is -2.72. The molecule has 52 heavy (non-hydrogen) atoms. The van der Waals surface area contributed by atoms with Gasteiger partial charge in [0.05, 0.1) is 17.1 Å². The highest BCUT2D eigenvalue weighted by Crippen LogP contribution is 2.76. The number of allylic oxidation sites excluding steroid dienone is 3. The third-order valence-corrected chi connectivity index (χ3v) is 18.2. The number of sulfone groups is 1. The molecule has 1 saturated heterocycles. The quantitative estimate of drug-likeness (QED) is 0.246. The maximum atomic E-state index is 13.6. The van der Waals surface area contributed by atoms with E-state index in [9.17, 15) is 23.1 Å². The van der Waals surface area contributed by atoms with Gasteiger partial charge in [-0.3, -0.25) is 4.90 Å². The van der Waals surface area contributed by atoms with Crippen molar-refractivity contribution in [1.82, 2.24) is 15.5 Å². The van der Waals surface area contributed by atoms with Crippen molar-refractivity contribution in [3.05, 3.63) is 53.6 Å². The number of benzene rings is 1. The molecule has 6 aliphatic rings. The number of nitrogens with zero attached hydrogens (tertiary/aromatic N) is 1. The number of nitrogens with one attached hydrogen (secondary N) is 2. The fourth-order valence-corrected chi connectivity index (χ4v) is 15.1. The molecule has 0 unspecified atom stereocenters. The Morgan fingerprint density at radius 3 is 2.25 bits per heavy atom. The van der Waals surface area contributed by atoms with Crippen LogP contribution < -0.4 is 10.6 Å². The van der Waals surface area contributed by atoms with E-state index in [1.807, 2.05) is 12.1 Å². The third-order valence-electron chi connectivity index (χ3n) is 16.6. The van der Waals surface area contributed by atoms with Crippen molar-refractivity contribution in [3.63, 3.8) is 0 Å². The molecule has 2 amide bonds. The number of carbonyl (C=O) groups is 2. The number of urea groups is 1. The number of carboxylic acid groups (broad SMARTS) is 1. The SMILES string of the molecule is C=C(C)[C@@H]1CC[C@]2(NC(=O)NCCN3CCS(=O)(=O)CC3)CC[C@]3(C)[C@H](CC[C@@H]4[C@@]5(C)CC=C(c6ccc(C(=O)O)cc6)C(C)(C)[C@@H]5CC[C@]43C)[C@@H]12. The van der Waals surface area contributed by atoms with Gasteiger partial charge in [0, 0.05) is 31.7 Å². The molecule has 1 aliphatic heterocycles. The van der Waals surface area contributed by atoms with Gasteiger partial charge in [-0.15, -0.1) is 0 Å². The van der Waals surface area contributed by atoms with Crippen molar-refractivity contribution in [2.24, 2.45) is 51.2 Å². The minimum absolute atomic E-state index is 0.0297. The van der Waals surface area contributed by atoms with Gasteiger partial charge in [-0.2, -0.15) is 0 Å². The zero-order chi connectivity index (χ0) is 37.5. The van der Waals surface area contributed by atoms with Crippen LogP contribution in [0.5, 0.6) is 0 Å². The van der Waals surface area contributed by atoms with Crippen LogP contribution in [-0.4, -0.2) is 73.6 Å². The molecule has 3 N–H and O–H groups in total. The van der Waals surface area contributed by atoms with Crippen LogP contribution in [0, 0.1) is 51.2 Å². The molecular formula is C43H63N3O5S. The summed E-state index contributed by atoms with van der Waals surface area (Å²) in [6.45, 7) is 21.7. The van der Waals surface area contributed by atoms with Gasteiger partial charge in [-0.05, 0) is 139 Å². The molecule has 5 fully saturated rings. The molecule has 286 valence electrons. The van der Waals surface area contributed by atoms with E-state index in [-0.39, 0.29) is 44.7 Å². The number of hydrogen-bond donors (Lipinski definition) is 3. The summed E-state index contributed by atoms with van der Waals surface area (Å²) >= 11 is 0. The Bertz CT molecular complexity index is 1740. The highest BCUT2D eigenvalue weighted by atomic mass is 32.2. The Morgan fingerprint density at radius 1 is 0.904 bits per heavy atom. The van der Waals surface area contributed by atoms with Crippen LogP contribution in [0.25, 0.3) is 5.57 Å². The van der Waals surface area contributed by atoms with Gasteiger partial charge in [-0.25, -0.2) is 18.0 Å². The lowest BCUT2D eigenvalue weighted by molar-refractivity contribution is -0.218. The summed E-state index contributed by atoms with van der Waals surface area (Å²) in [4.78, 5) is 27.3. The second-order valence-electron chi connectivity index (χ2n) is 19.1. The van der Waals surface area contributed by atoms with Crippen LogP contribution >= 0.6 is 0 Å². The molecule has 0 bridgehead atoms. The van der Waals surface area contributed by atoms with Crippen molar-refractivity contribution in [2.45, 2.75) is 105 Å². The molecule has 7 rings (SSSR count). The maximum absolute atomic E-state index is 13.6. The van der Waals surface area contributed by atoms with E-state index >= 15 is 0 Å². The molecule has 0 radical (unpaired) electrons. The number of rotatable bonds is 7. The Kier molecular flexibility index (Phi) is 9.41. The van der Waals surface area contributed by atoms with Crippen LogP contribution in [0.3, 0.4) is 0 Å². The highest BCUT2D eigenvalue weighted by Gasteiger charge is 2.70. The van der Waals surface area contributed by atoms with Crippen LogP contribution in [-0.2, 0) is 9.84 Å². The molecule has 9 heteroatoms. The van der Waals surface area contributed by atoms with Gasteiger partial charge >= 0.3 is 12.0 Å². The van der Waals surface area contributed by atoms with Gasteiger partial charge in [0.1, 0.15) is 0 Å². The fraction of sp³-hybridized carbons (Fsp3) is 0.721. The van der Waals surface area contributed by atoms with Crippen molar-refractivity contribution < 1.29 is 23.1 Å². The summed E-state index contributed by atoms with van der Waals surface area (Å²) in [5, 5.41) is 16.3. The van der Waals surface area contributed by atoms with Gasteiger partial charge in [0.25, 0.3) is 0 Å². The molecule has 9 atom stereocenters. The Balaban J connectivity index is 1.11. The zero-order valence-electron chi connectivity index (χ0n) is 32.5. The summed E-state index contributed by atoms with van der Waals surface area (Å²) < 4.78 is 23.7. The van der Waals surface area contributed by atoms with E-state index in [0.29, 0.717) is 61.3 Å². The molecule has 1 aromatic rings. The average molecular weight is 734 g/mol. The molecular weight excluding hydrogens is 671 g/mol. The van der Waals surface area contributed by atoms with E-state index in [0.717, 1.165) is 37.7 Å². The van der Waals surface area contributed by atoms with Crippen molar-refractivity contribution in [1.29, 1.82) is 0 Å². The fourth-order valence-electron chi connectivity index (χ4n) is 13.8. The van der Waals surface area contributed by atoms with E-state index in [1.165, 1.54) is 36.8 Å². The average Bonchev–Trinajstić information content (AvgIpc) is 3.45. The first-order chi connectivity index (χ1) is 24.4. The number of hydrogen-bond acceptors (Lipinski definition) is 5. The first-order valence-electron chi connectivity index (χ1n) is 20.1. The number of fused-ring (bicyclic) bond motifs is 7. The predicted molar refractivity (Wildman–Crippen MR) is 208 cm³/mol. The monoisotopic (exact) mass is 733 g/mol. The lowest BCUT2D eigenvalue weighted by atomic mass is 9.33. The van der Waals surface area contributed by atoms with Gasteiger partial charge in [0.2, 0.25) is 0 Å². The first kappa shape index (κ1) is 37.7. The van der Waals surface area contributed by atoms with Gasteiger partial charge in [-0.1, -0.05) is 65.0 Å². The Morgan fingerprint density at radius 2 is 1.60 bits per heavy atom. The number of carboxylic acids is 1. The summed E-state index contributed by atoms with van der Waals surface area (Å²) in [5.74, 6) is 1.94. The van der Waals surface area contributed by atoms with Gasteiger partial charge < -0.3 is 15.7 Å². The van der Waals surface area contributed by atoms with E-state index in [4.69, 9.17) is 0 Å². The normalized spacial score (nSPS) is 40.6. The smallest absolute Gasteiger partial charge is 0.335 e. The van der Waals surface area contributed by atoms with Crippen LogP contribution in [0.4, 0.5) is 4.79 Å². The van der Waals surface area contributed by atoms with Crippen molar-refractivity contribution in [2.75, 3.05) is 37.7 Å². The number of carbonyl (C=O) groups excluding carboxylic acids is 1. The maximum Gasteiger partial charge on any atom is 0.335 e. The Labute approximate surface area is 312 Å². The summed E-state index contributed by atoms with van der Waals surface area (Å²) in [6.07, 6.45) is 12.5. The Hall–Kier alpha value is -2.65. The second kappa shape index (κ2) is 13.0. The molecule has 0 spiro atoms. The minimum atomic E-state index is -2.92. The number of amides is 2.